The Morgan fingerprint density at radius 3 is 2.68 bits per heavy atom. The Bertz CT molecular complexity index is 528. The molecule has 0 atom stereocenters. The normalized spacial score (nSPS) is 14.7. The zero-order chi connectivity index (χ0) is 16.2. The molecule has 0 aromatic heterocycles. The number of hydrogen-bond donors (Lipinski definition) is 2. The Labute approximate surface area is 127 Å². The fourth-order valence-electron chi connectivity index (χ4n) is 1.97. The maximum absolute atomic E-state index is 12.1. The molecule has 1 aromatic carbocycles. The number of ether oxygens (including phenoxy) is 1. The van der Waals surface area contributed by atoms with Gasteiger partial charge in [0.1, 0.15) is 5.75 Å². The molecule has 0 saturated heterocycles. The van der Waals surface area contributed by atoms with Crippen molar-refractivity contribution in [3.8, 4) is 5.75 Å². The quantitative estimate of drug-likeness (QED) is 0.813. The van der Waals surface area contributed by atoms with Crippen LogP contribution in [0.1, 0.15) is 18.4 Å². The standard InChI is InChI=1S/C15H19F3N2O2/c1-10-6-12(4-5-13(10)22-9-15(16,17)18)20-14(21)8-19-7-11-2-3-11/h4-6,11,19H,2-3,7-9H2,1H3,(H,20,21). The van der Waals surface area contributed by atoms with E-state index in [-0.39, 0.29) is 18.2 Å². The van der Waals surface area contributed by atoms with Gasteiger partial charge in [0.25, 0.3) is 0 Å². The largest absolute Gasteiger partial charge is 0.484 e. The topological polar surface area (TPSA) is 50.4 Å². The summed E-state index contributed by atoms with van der Waals surface area (Å²) in [6, 6.07) is 4.54. The number of carbonyl (C=O) groups is 1. The maximum atomic E-state index is 12.1. The summed E-state index contributed by atoms with van der Waals surface area (Å²) in [4.78, 5) is 11.7. The molecule has 1 aliphatic carbocycles. The minimum absolute atomic E-state index is 0.155. The van der Waals surface area contributed by atoms with E-state index in [1.54, 1.807) is 13.0 Å². The SMILES string of the molecule is Cc1cc(NC(=O)CNCC2CC2)ccc1OCC(F)(F)F. The molecule has 0 spiro atoms. The number of amides is 1. The molecule has 122 valence electrons. The van der Waals surface area contributed by atoms with E-state index >= 15 is 0 Å². The average molecular weight is 316 g/mol. The molecule has 1 fully saturated rings. The van der Waals surface area contributed by atoms with Gasteiger partial charge in [-0.2, -0.15) is 13.2 Å². The lowest BCUT2D eigenvalue weighted by atomic mass is 10.2. The Balaban J connectivity index is 1.81. The Morgan fingerprint density at radius 1 is 1.36 bits per heavy atom. The summed E-state index contributed by atoms with van der Waals surface area (Å²) in [7, 11) is 0. The summed E-state index contributed by atoms with van der Waals surface area (Å²) in [5.41, 5.74) is 1.07. The Morgan fingerprint density at radius 2 is 2.09 bits per heavy atom. The van der Waals surface area contributed by atoms with E-state index in [0.29, 0.717) is 17.2 Å². The first-order valence-corrected chi connectivity index (χ1v) is 7.14. The lowest BCUT2D eigenvalue weighted by Crippen LogP contribution is -2.29. The molecule has 2 N–H and O–H groups in total. The molecule has 1 aliphatic rings. The molecule has 22 heavy (non-hydrogen) atoms. The van der Waals surface area contributed by atoms with Crippen molar-refractivity contribution in [2.45, 2.75) is 25.9 Å². The maximum Gasteiger partial charge on any atom is 0.422 e. The molecule has 0 aliphatic heterocycles. The van der Waals surface area contributed by atoms with Gasteiger partial charge >= 0.3 is 6.18 Å². The van der Waals surface area contributed by atoms with E-state index in [4.69, 9.17) is 4.74 Å². The van der Waals surface area contributed by atoms with Crippen LogP contribution in [-0.2, 0) is 4.79 Å². The van der Waals surface area contributed by atoms with Crippen LogP contribution in [-0.4, -0.2) is 31.8 Å². The Kier molecular flexibility index (Phi) is 5.28. The molecule has 7 heteroatoms. The summed E-state index contributed by atoms with van der Waals surface area (Å²) >= 11 is 0. The van der Waals surface area contributed by atoms with Crippen molar-refractivity contribution < 1.29 is 22.7 Å². The first kappa shape index (κ1) is 16.6. The van der Waals surface area contributed by atoms with Crippen molar-refractivity contribution in [3.63, 3.8) is 0 Å². The highest BCUT2D eigenvalue weighted by Gasteiger charge is 2.28. The van der Waals surface area contributed by atoms with Gasteiger partial charge in [0, 0.05) is 5.69 Å². The number of carbonyl (C=O) groups excluding carboxylic acids is 1. The lowest BCUT2D eigenvalue weighted by Gasteiger charge is -2.13. The fourth-order valence-corrected chi connectivity index (χ4v) is 1.97. The molecule has 2 rings (SSSR count). The predicted molar refractivity (Wildman–Crippen MR) is 77.0 cm³/mol. The van der Waals surface area contributed by atoms with Crippen LogP contribution in [0.4, 0.5) is 18.9 Å². The minimum atomic E-state index is -4.37. The number of rotatable bonds is 7. The van der Waals surface area contributed by atoms with Gasteiger partial charge in [-0.05, 0) is 56.0 Å². The molecule has 4 nitrogen and oxygen atoms in total. The summed E-state index contributed by atoms with van der Waals surface area (Å²) in [5, 5.41) is 5.77. The lowest BCUT2D eigenvalue weighted by molar-refractivity contribution is -0.153. The first-order chi connectivity index (χ1) is 10.3. The zero-order valence-corrected chi connectivity index (χ0v) is 12.3. The highest BCUT2D eigenvalue weighted by atomic mass is 19.4. The number of benzene rings is 1. The average Bonchev–Trinajstić information content (AvgIpc) is 3.21. The minimum Gasteiger partial charge on any atom is -0.484 e. The van der Waals surface area contributed by atoms with E-state index in [1.807, 2.05) is 0 Å². The van der Waals surface area contributed by atoms with Gasteiger partial charge in [-0.25, -0.2) is 0 Å². The van der Waals surface area contributed by atoms with Gasteiger partial charge < -0.3 is 15.4 Å². The van der Waals surface area contributed by atoms with Crippen molar-refractivity contribution >= 4 is 11.6 Å². The van der Waals surface area contributed by atoms with Crippen molar-refractivity contribution in [1.82, 2.24) is 5.32 Å². The van der Waals surface area contributed by atoms with Gasteiger partial charge in [0.05, 0.1) is 6.54 Å². The molecular weight excluding hydrogens is 297 g/mol. The molecule has 0 heterocycles. The second kappa shape index (κ2) is 7.00. The van der Waals surface area contributed by atoms with E-state index in [2.05, 4.69) is 10.6 Å². The Hall–Kier alpha value is -1.76. The summed E-state index contributed by atoms with van der Waals surface area (Å²) in [6.07, 6.45) is -1.94. The van der Waals surface area contributed by atoms with Crippen LogP contribution in [0.2, 0.25) is 0 Å². The molecule has 1 amide bonds. The van der Waals surface area contributed by atoms with E-state index in [9.17, 15) is 18.0 Å². The summed E-state index contributed by atoms with van der Waals surface area (Å²) in [5.74, 6) is 0.673. The van der Waals surface area contributed by atoms with Crippen LogP contribution < -0.4 is 15.4 Å². The number of hydrogen-bond acceptors (Lipinski definition) is 3. The van der Waals surface area contributed by atoms with Crippen LogP contribution in [0.25, 0.3) is 0 Å². The van der Waals surface area contributed by atoms with Crippen LogP contribution in [0.15, 0.2) is 18.2 Å². The molecule has 0 radical (unpaired) electrons. The van der Waals surface area contributed by atoms with Gasteiger partial charge in [0.15, 0.2) is 6.61 Å². The molecule has 1 aromatic rings. The number of anilines is 1. The highest BCUT2D eigenvalue weighted by Crippen LogP contribution is 2.27. The van der Waals surface area contributed by atoms with Crippen LogP contribution in [0, 0.1) is 12.8 Å². The molecule has 0 unspecified atom stereocenters. The zero-order valence-electron chi connectivity index (χ0n) is 12.3. The van der Waals surface area contributed by atoms with E-state index < -0.39 is 12.8 Å². The van der Waals surface area contributed by atoms with Gasteiger partial charge in [-0.1, -0.05) is 0 Å². The third-order valence-electron chi connectivity index (χ3n) is 3.27. The first-order valence-electron chi connectivity index (χ1n) is 7.14. The third-order valence-corrected chi connectivity index (χ3v) is 3.27. The van der Waals surface area contributed by atoms with Gasteiger partial charge in [0.2, 0.25) is 5.91 Å². The van der Waals surface area contributed by atoms with Gasteiger partial charge in [-0.3, -0.25) is 4.79 Å². The fraction of sp³-hybridized carbons (Fsp3) is 0.533. The molecular formula is C15H19F3N2O2. The van der Waals surface area contributed by atoms with Gasteiger partial charge in [-0.15, -0.1) is 0 Å². The predicted octanol–water partition coefficient (Wildman–Crippen LogP) is 2.87. The highest BCUT2D eigenvalue weighted by molar-refractivity contribution is 5.92. The summed E-state index contributed by atoms with van der Waals surface area (Å²) < 4.78 is 41.1. The van der Waals surface area contributed by atoms with Crippen molar-refractivity contribution in [2.75, 3.05) is 25.0 Å². The van der Waals surface area contributed by atoms with Crippen molar-refractivity contribution in [2.24, 2.45) is 5.92 Å². The number of nitrogens with one attached hydrogen (secondary N) is 2. The number of aryl methyl sites for hydroxylation is 1. The van der Waals surface area contributed by atoms with Crippen LogP contribution >= 0.6 is 0 Å². The molecule has 0 bridgehead atoms. The smallest absolute Gasteiger partial charge is 0.422 e. The van der Waals surface area contributed by atoms with Crippen molar-refractivity contribution in [1.29, 1.82) is 0 Å². The van der Waals surface area contributed by atoms with E-state index in [0.717, 1.165) is 6.54 Å². The van der Waals surface area contributed by atoms with Crippen LogP contribution in [0.5, 0.6) is 5.75 Å². The molecule has 1 saturated carbocycles. The monoisotopic (exact) mass is 316 g/mol. The van der Waals surface area contributed by atoms with E-state index in [1.165, 1.54) is 25.0 Å². The number of alkyl halides is 3. The van der Waals surface area contributed by atoms with Crippen LogP contribution in [0.3, 0.4) is 0 Å². The second-order valence-corrected chi connectivity index (χ2v) is 5.51. The second-order valence-electron chi connectivity index (χ2n) is 5.51. The van der Waals surface area contributed by atoms with Crippen molar-refractivity contribution in [3.05, 3.63) is 23.8 Å². The summed E-state index contributed by atoms with van der Waals surface area (Å²) in [6.45, 7) is 1.37. The third kappa shape index (κ3) is 5.93. The number of halogens is 3.